The number of rotatable bonds is 3. The summed E-state index contributed by atoms with van der Waals surface area (Å²) >= 11 is 2.89. The fraction of sp³-hybridized carbons (Fsp3) is 0.333. The number of piperidine rings is 1. The van der Waals surface area contributed by atoms with E-state index in [0.29, 0.717) is 22.8 Å². The third-order valence-corrected chi connectivity index (χ3v) is 6.33. The van der Waals surface area contributed by atoms with Crippen LogP contribution in [-0.2, 0) is 0 Å². The van der Waals surface area contributed by atoms with Crippen LogP contribution in [0.3, 0.4) is 0 Å². The molecule has 0 spiro atoms. The van der Waals surface area contributed by atoms with Crippen molar-refractivity contribution < 1.29 is 9.18 Å². The molecule has 0 bridgehead atoms. The molecule has 1 saturated heterocycles. The summed E-state index contributed by atoms with van der Waals surface area (Å²) in [5, 5.41) is 12.6. The highest BCUT2D eigenvalue weighted by atomic mass is 32.1. The molecule has 8 heteroatoms. The van der Waals surface area contributed by atoms with Crippen LogP contribution in [-0.4, -0.2) is 39.1 Å². The largest absolute Gasteiger partial charge is 0.337 e. The second kappa shape index (κ2) is 7.20. The van der Waals surface area contributed by atoms with Crippen molar-refractivity contribution in [3.63, 3.8) is 0 Å². The number of benzene rings is 1. The number of hydrogen-bond donors (Lipinski definition) is 0. The molecule has 1 aliphatic heterocycles. The van der Waals surface area contributed by atoms with Gasteiger partial charge in [-0.1, -0.05) is 23.5 Å². The monoisotopic (exact) mass is 388 g/mol. The molecule has 134 valence electrons. The Morgan fingerprint density at radius 3 is 2.92 bits per heavy atom. The molecular formula is C18H17FN4OS2. The second-order valence-corrected chi connectivity index (χ2v) is 8.34. The van der Waals surface area contributed by atoms with E-state index < -0.39 is 0 Å². The van der Waals surface area contributed by atoms with E-state index in [9.17, 15) is 9.18 Å². The van der Waals surface area contributed by atoms with Gasteiger partial charge in [0.15, 0.2) is 5.01 Å². The fourth-order valence-corrected chi connectivity index (χ4v) is 4.71. The number of amides is 1. The molecule has 5 nitrogen and oxygen atoms in total. The van der Waals surface area contributed by atoms with Crippen LogP contribution < -0.4 is 0 Å². The van der Waals surface area contributed by atoms with Crippen LogP contribution >= 0.6 is 22.7 Å². The van der Waals surface area contributed by atoms with Crippen molar-refractivity contribution in [2.24, 2.45) is 0 Å². The lowest BCUT2D eigenvalue weighted by Gasteiger charge is -2.31. The third kappa shape index (κ3) is 3.39. The molecule has 4 rings (SSSR count). The number of likely N-dealkylation sites (tertiary alicyclic amines) is 1. The summed E-state index contributed by atoms with van der Waals surface area (Å²) in [6.45, 7) is 3.22. The van der Waals surface area contributed by atoms with Crippen molar-refractivity contribution in [2.75, 3.05) is 13.1 Å². The smallest absolute Gasteiger partial charge is 0.273 e. The summed E-state index contributed by atoms with van der Waals surface area (Å²) in [6, 6.07) is 6.58. The van der Waals surface area contributed by atoms with Crippen LogP contribution in [0.2, 0.25) is 0 Å². The lowest BCUT2D eigenvalue weighted by atomic mass is 9.98. The second-order valence-electron chi connectivity index (χ2n) is 6.27. The molecule has 1 amide bonds. The first kappa shape index (κ1) is 17.2. The standard InChI is InChI=1S/C18H17FN4OS2/c1-11-20-15(10-25-11)18(24)23-8-4-5-12(9-23)16-21-22-17(26-16)13-6-2-3-7-14(13)19/h2-3,6-7,10,12H,4-5,8-9H2,1H3/t12-/m0/s1. The zero-order chi connectivity index (χ0) is 18.1. The Kier molecular flexibility index (Phi) is 4.78. The molecule has 1 aliphatic rings. The number of halogens is 1. The Hall–Kier alpha value is -2.19. The number of carbonyl (C=O) groups is 1. The number of thiazole rings is 1. The van der Waals surface area contributed by atoms with Crippen LogP contribution in [0, 0.1) is 12.7 Å². The van der Waals surface area contributed by atoms with Gasteiger partial charge in [0.2, 0.25) is 0 Å². The van der Waals surface area contributed by atoms with Gasteiger partial charge in [-0.25, -0.2) is 9.37 Å². The van der Waals surface area contributed by atoms with Gasteiger partial charge in [-0.3, -0.25) is 4.79 Å². The highest BCUT2D eigenvalue weighted by Gasteiger charge is 2.29. The average Bonchev–Trinajstić information content (AvgIpc) is 3.31. The molecule has 3 heterocycles. The highest BCUT2D eigenvalue weighted by molar-refractivity contribution is 7.14. The van der Waals surface area contributed by atoms with Crippen molar-refractivity contribution in [3.05, 3.63) is 51.2 Å². The Bertz CT molecular complexity index is 939. The number of aryl methyl sites for hydroxylation is 1. The molecule has 1 atom stereocenters. The van der Waals surface area contributed by atoms with Crippen LogP contribution in [0.15, 0.2) is 29.6 Å². The van der Waals surface area contributed by atoms with E-state index in [1.165, 1.54) is 28.7 Å². The van der Waals surface area contributed by atoms with Gasteiger partial charge in [0.1, 0.15) is 16.5 Å². The van der Waals surface area contributed by atoms with Gasteiger partial charge in [-0.15, -0.1) is 21.5 Å². The van der Waals surface area contributed by atoms with E-state index in [-0.39, 0.29) is 17.6 Å². The van der Waals surface area contributed by atoms with Crippen LogP contribution in [0.4, 0.5) is 4.39 Å². The summed E-state index contributed by atoms with van der Waals surface area (Å²) in [5.74, 6) is -0.196. The minimum Gasteiger partial charge on any atom is -0.337 e. The van der Waals surface area contributed by atoms with E-state index in [1.54, 1.807) is 18.2 Å². The first-order valence-electron chi connectivity index (χ1n) is 8.41. The lowest BCUT2D eigenvalue weighted by molar-refractivity contribution is 0.0701. The minimum absolute atomic E-state index is 0.0297. The molecule has 0 radical (unpaired) electrons. The van der Waals surface area contributed by atoms with E-state index in [2.05, 4.69) is 15.2 Å². The number of nitrogens with zero attached hydrogens (tertiary/aromatic N) is 4. The Labute approximate surface area is 158 Å². The van der Waals surface area contributed by atoms with Gasteiger partial charge in [-0.2, -0.15) is 0 Å². The van der Waals surface area contributed by atoms with Gasteiger partial charge in [0.05, 0.1) is 5.01 Å². The summed E-state index contributed by atoms with van der Waals surface area (Å²) in [4.78, 5) is 18.8. The van der Waals surface area contributed by atoms with E-state index in [1.807, 2.05) is 17.2 Å². The molecule has 1 aromatic carbocycles. The number of aromatic nitrogens is 3. The maximum Gasteiger partial charge on any atom is 0.273 e. The van der Waals surface area contributed by atoms with E-state index in [4.69, 9.17) is 0 Å². The van der Waals surface area contributed by atoms with E-state index >= 15 is 0 Å². The quantitative estimate of drug-likeness (QED) is 0.677. The average molecular weight is 388 g/mol. The predicted molar refractivity (Wildman–Crippen MR) is 100 cm³/mol. The summed E-state index contributed by atoms with van der Waals surface area (Å²) in [5.41, 5.74) is 0.982. The topological polar surface area (TPSA) is 59.0 Å². The Morgan fingerprint density at radius 2 is 2.15 bits per heavy atom. The van der Waals surface area contributed by atoms with Crippen LogP contribution in [0.1, 0.15) is 39.3 Å². The first-order valence-corrected chi connectivity index (χ1v) is 10.1. The molecule has 0 unspecified atom stereocenters. The van der Waals surface area contributed by atoms with Crippen LogP contribution in [0.25, 0.3) is 10.6 Å². The molecule has 1 fully saturated rings. The zero-order valence-electron chi connectivity index (χ0n) is 14.2. The zero-order valence-corrected chi connectivity index (χ0v) is 15.8. The van der Waals surface area contributed by atoms with Gasteiger partial charge in [-0.05, 0) is 31.9 Å². The molecule has 0 N–H and O–H groups in total. The number of hydrogen-bond acceptors (Lipinski definition) is 6. The fourth-order valence-electron chi connectivity index (χ4n) is 3.13. The minimum atomic E-state index is -0.297. The van der Waals surface area contributed by atoms with Gasteiger partial charge in [0, 0.05) is 30.0 Å². The Balaban J connectivity index is 1.52. The maximum absolute atomic E-state index is 14.0. The molecule has 0 saturated carbocycles. The predicted octanol–water partition coefficient (Wildman–Crippen LogP) is 4.13. The van der Waals surface area contributed by atoms with Crippen LogP contribution in [0.5, 0.6) is 0 Å². The number of carbonyl (C=O) groups excluding carboxylic acids is 1. The highest BCUT2D eigenvalue weighted by Crippen LogP contribution is 2.33. The van der Waals surface area contributed by atoms with Gasteiger partial charge in [0.25, 0.3) is 5.91 Å². The molecule has 2 aromatic heterocycles. The first-order chi connectivity index (χ1) is 12.6. The van der Waals surface area contributed by atoms with Crippen molar-refractivity contribution in [1.29, 1.82) is 0 Å². The normalized spacial score (nSPS) is 17.5. The maximum atomic E-state index is 14.0. The SMILES string of the molecule is Cc1nc(C(=O)N2CCC[C@H](c3nnc(-c4ccccc4F)s3)C2)cs1. The molecule has 0 aliphatic carbocycles. The van der Waals surface area contributed by atoms with Gasteiger partial charge >= 0.3 is 0 Å². The lowest BCUT2D eigenvalue weighted by Crippen LogP contribution is -2.39. The molecule has 26 heavy (non-hydrogen) atoms. The molecular weight excluding hydrogens is 371 g/mol. The third-order valence-electron chi connectivity index (χ3n) is 4.44. The van der Waals surface area contributed by atoms with E-state index in [0.717, 1.165) is 29.4 Å². The Morgan fingerprint density at radius 1 is 1.31 bits per heavy atom. The van der Waals surface area contributed by atoms with Crippen molar-refractivity contribution in [3.8, 4) is 10.6 Å². The van der Waals surface area contributed by atoms with Crippen molar-refractivity contribution >= 4 is 28.6 Å². The molecule has 3 aromatic rings. The van der Waals surface area contributed by atoms with Gasteiger partial charge < -0.3 is 4.90 Å². The summed E-state index contributed by atoms with van der Waals surface area (Å²) < 4.78 is 14.0. The van der Waals surface area contributed by atoms with Crippen molar-refractivity contribution in [2.45, 2.75) is 25.7 Å². The summed E-state index contributed by atoms with van der Waals surface area (Å²) in [7, 11) is 0. The van der Waals surface area contributed by atoms with Crippen molar-refractivity contribution in [1.82, 2.24) is 20.1 Å². The summed E-state index contributed by atoms with van der Waals surface area (Å²) in [6.07, 6.45) is 1.86.